The number of carbonyl (C=O) groups excluding carboxylic acids is 1. The molecule has 1 atom stereocenters. The third-order valence-corrected chi connectivity index (χ3v) is 9.04. The van der Waals surface area contributed by atoms with Crippen LogP contribution in [0.2, 0.25) is 5.02 Å². The van der Waals surface area contributed by atoms with Gasteiger partial charge in [0.25, 0.3) is 0 Å². The predicted octanol–water partition coefficient (Wildman–Crippen LogP) is 5.08. The van der Waals surface area contributed by atoms with Gasteiger partial charge < -0.3 is 9.80 Å². The van der Waals surface area contributed by atoms with Crippen molar-refractivity contribution in [3.63, 3.8) is 0 Å². The average molecular weight is 592 g/mol. The van der Waals surface area contributed by atoms with Crippen molar-refractivity contribution in [3.05, 3.63) is 69.5 Å². The van der Waals surface area contributed by atoms with Crippen LogP contribution in [-0.4, -0.2) is 74.5 Å². The zero-order chi connectivity index (χ0) is 29.2. The molecule has 0 spiro atoms. The van der Waals surface area contributed by atoms with Gasteiger partial charge in [-0.1, -0.05) is 29.8 Å². The first-order valence-electron chi connectivity index (χ1n) is 12.6. The standard InChI is InChI=1S/C27H34ClF4N3O3S/c1-19-16-21(7-8-23(19)28)26(2,10-13-34-11-5-12-35(15-14-34)39(4,37)38)25(36)33(3)18-20-6-9-24(29)22(17-20)27(30,31)32/h6-9,16-17H,5,10-15,18H2,1-4H3. The molecule has 0 bridgehead atoms. The summed E-state index contributed by atoms with van der Waals surface area (Å²) in [5, 5.41) is 0.543. The van der Waals surface area contributed by atoms with Crippen molar-refractivity contribution in [2.45, 2.75) is 44.8 Å². The summed E-state index contributed by atoms with van der Waals surface area (Å²) in [4.78, 5) is 17.4. The Balaban J connectivity index is 1.85. The maximum atomic E-state index is 13.9. The number of likely N-dealkylation sites (N-methyl/N-ethyl adjacent to an activating group) is 1. The SMILES string of the molecule is Cc1cc(C(C)(CCN2CCCN(S(C)(=O)=O)CC2)C(=O)N(C)Cc2ccc(F)c(C(F)(F)F)c2)ccc1Cl. The number of hydrogen-bond donors (Lipinski definition) is 0. The molecule has 0 radical (unpaired) electrons. The minimum absolute atomic E-state index is 0.141. The Kier molecular flexibility index (Phi) is 9.73. The molecule has 2 aromatic carbocycles. The summed E-state index contributed by atoms with van der Waals surface area (Å²) in [5.74, 6) is -1.68. The molecule has 1 aliphatic rings. The first-order valence-corrected chi connectivity index (χ1v) is 14.8. The molecular weight excluding hydrogens is 558 g/mol. The van der Waals surface area contributed by atoms with Gasteiger partial charge in [-0.15, -0.1) is 0 Å². The van der Waals surface area contributed by atoms with E-state index in [9.17, 15) is 30.8 Å². The van der Waals surface area contributed by atoms with Gasteiger partial charge in [-0.3, -0.25) is 4.79 Å². The van der Waals surface area contributed by atoms with E-state index in [1.165, 1.54) is 28.6 Å². The monoisotopic (exact) mass is 591 g/mol. The van der Waals surface area contributed by atoms with E-state index in [1.807, 2.05) is 13.0 Å². The fourth-order valence-electron chi connectivity index (χ4n) is 4.90. The molecule has 6 nitrogen and oxygen atoms in total. The fraction of sp³-hybridized carbons (Fsp3) is 0.519. The minimum atomic E-state index is -4.85. The van der Waals surface area contributed by atoms with E-state index in [0.29, 0.717) is 56.2 Å². The highest BCUT2D eigenvalue weighted by Crippen LogP contribution is 2.35. The van der Waals surface area contributed by atoms with Crippen LogP contribution in [0.25, 0.3) is 0 Å². The molecule has 0 saturated carbocycles. The van der Waals surface area contributed by atoms with Gasteiger partial charge in [0.05, 0.1) is 17.2 Å². The van der Waals surface area contributed by atoms with Crippen LogP contribution in [0.5, 0.6) is 0 Å². The molecule has 39 heavy (non-hydrogen) atoms. The Morgan fingerprint density at radius 2 is 1.77 bits per heavy atom. The van der Waals surface area contributed by atoms with Crippen molar-refractivity contribution in [1.82, 2.24) is 14.1 Å². The molecule has 3 rings (SSSR count). The summed E-state index contributed by atoms with van der Waals surface area (Å²) in [5.41, 5.74) is -0.782. The van der Waals surface area contributed by atoms with Gasteiger partial charge in [0.2, 0.25) is 15.9 Å². The van der Waals surface area contributed by atoms with Gasteiger partial charge in [0.15, 0.2) is 0 Å². The van der Waals surface area contributed by atoms with Crippen LogP contribution in [0.15, 0.2) is 36.4 Å². The van der Waals surface area contributed by atoms with E-state index >= 15 is 0 Å². The average Bonchev–Trinajstić information content (AvgIpc) is 3.10. The lowest BCUT2D eigenvalue weighted by Crippen LogP contribution is -2.45. The molecule has 2 aromatic rings. The third kappa shape index (κ3) is 7.71. The predicted molar refractivity (Wildman–Crippen MR) is 144 cm³/mol. The number of hydrogen-bond acceptors (Lipinski definition) is 4. The Labute approximate surface area is 232 Å². The lowest BCUT2D eigenvalue weighted by molar-refractivity contribution is -0.140. The molecule has 0 N–H and O–H groups in total. The van der Waals surface area contributed by atoms with Gasteiger partial charge in [0.1, 0.15) is 5.82 Å². The maximum absolute atomic E-state index is 13.9. The molecule has 1 aliphatic heterocycles. The van der Waals surface area contributed by atoms with Crippen LogP contribution in [0.1, 0.15) is 42.0 Å². The lowest BCUT2D eigenvalue weighted by Gasteiger charge is -2.35. The number of carbonyl (C=O) groups is 1. The van der Waals surface area contributed by atoms with E-state index in [1.54, 1.807) is 19.1 Å². The lowest BCUT2D eigenvalue weighted by atomic mass is 9.77. The van der Waals surface area contributed by atoms with Crippen molar-refractivity contribution in [3.8, 4) is 0 Å². The highest BCUT2D eigenvalue weighted by Gasteiger charge is 2.39. The molecular formula is C27H34ClF4N3O3S. The number of halogens is 5. The zero-order valence-corrected chi connectivity index (χ0v) is 24.1. The third-order valence-electron chi connectivity index (χ3n) is 7.31. The first-order chi connectivity index (χ1) is 18.0. The molecule has 216 valence electrons. The highest BCUT2D eigenvalue weighted by atomic mass is 35.5. The van der Waals surface area contributed by atoms with E-state index in [0.717, 1.165) is 17.7 Å². The fourth-order valence-corrected chi connectivity index (χ4v) is 5.89. The van der Waals surface area contributed by atoms with Crippen molar-refractivity contribution in [2.24, 2.45) is 0 Å². The highest BCUT2D eigenvalue weighted by molar-refractivity contribution is 7.88. The topological polar surface area (TPSA) is 60.9 Å². The minimum Gasteiger partial charge on any atom is -0.341 e. The number of nitrogens with zero attached hydrogens (tertiary/aromatic N) is 3. The van der Waals surface area contributed by atoms with E-state index in [4.69, 9.17) is 11.6 Å². The molecule has 1 amide bonds. The quantitative estimate of drug-likeness (QED) is 0.402. The normalized spacial score (nSPS) is 17.5. The number of benzene rings is 2. The summed E-state index contributed by atoms with van der Waals surface area (Å²) in [6.45, 7) is 5.96. The van der Waals surface area contributed by atoms with Crippen molar-refractivity contribution in [2.75, 3.05) is 46.0 Å². The van der Waals surface area contributed by atoms with Crippen LogP contribution >= 0.6 is 11.6 Å². The first kappa shape index (κ1) is 31.3. The van der Waals surface area contributed by atoms with E-state index < -0.39 is 33.0 Å². The van der Waals surface area contributed by atoms with Gasteiger partial charge in [0, 0.05) is 38.2 Å². The van der Waals surface area contributed by atoms with Crippen LogP contribution in [0, 0.1) is 12.7 Å². The second-order valence-corrected chi connectivity index (χ2v) is 12.8. The molecule has 12 heteroatoms. The van der Waals surface area contributed by atoms with Gasteiger partial charge in [-0.05, 0) is 74.7 Å². The number of sulfonamides is 1. The van der Waals surface area contributed by atoms with Crippen molar-refractivity contribution < 1.29 is 30.8 Å². The molecule has 1 heterocycles. The largest absolute Gasteiger partial charge is 0.419 e. The molecule has 1 saturated heterocycles. The number of rotatable bonds is 8. The summed E-state index contributed by atoms with van der Waals surface area (Å²) >= 11 is 6.23. The van der Waals surface area contributed by atoms with Crippen LogP contribution in [0.3, 0.4) is 0 Å². The van der Waals surface area contributed by atoms with Gasteiger partial charge in [-0.25, -0.2) is 17.1 Å². The van der Waals surface area contributed by atoms with Crippen molar-refractivity contribution >= 4 is 27.5 Å². The Hall–Kier alpha value is -2.21. The Morgan fingerprint density at radius 1 is 1.08 bits per heavy atom. The summed E-state index contributed by atoms with van der Waals surface area (Å²) in [6, 6.07) is 8.05. The van der Waals surface area contributed by atoms with Crippen LogP contribution in [-0.2, 0) is 33.0 Å². The smallest absolute Gasteiger partial charge is 0.341 e. The number of alkyl halides is 3. The van der Waals surface area contributed by atoms with Gasteiger partial charge >= 0.3 is 6.18 Å². The van der Waals surface area contributed by atoms with E-state index in [-0.39, 0.29) is 18.0 Å². The summed E-state index contributed by atoms with van der Waals surface area (Å²) < 4.78 is 78.9. The molecule has 1 fully saturated rings. The molecule has 0 aliphatic carbocycles. The van der Waals surface area contributed by atoms with E-state index in [2.05, 4.69) is 4.90 Å². The molecule has 0 aromatic heterocycles. The summed E-state index contributed by atoms with van der Waals surface area (Å²) in [6.07, 6.45) is -2.62. The van der Waals surface area contributed by atoms with Gasteiger partial charge in [-0.2, -0.15) is 13.2 Å². The second kappa shape index (κ2) is 12.1. The maximum Gasteiger partial charge on any atom is 0.419 e. The molecule has 1 unspecified atom stereocenters. The number of aryl methyl sites for hydroxylation is 1. The second-order valence-electron chi connectivity index (χ2n) is 10.4. The Morgan fingerprint density at radius 3 is 2.38 bits per heavy atom. The Bertz CT molecular complexity index is 1310. The number of amides is 1. The van der Waals surface area contributed by atoms with Crippen LogP contribution in [0.4, 0.5) is 17.6 Å². The zero-order valence-electron chi connectivity index (χ0n) is 22.5. The summed E-state index contributed by atoms with van der Waals surface area (Å²) in [7, 11) is -1.79. The van der Waals surface area contributed by atoms with Crippen LogP contribution < -0.4 is 0 Å². The van der Waals surface area contributed by atoms with Crippen molar-refractivity contribution in [1.29, 1.82) is 0 Å².